The number of hydrogen-bond acceptors (Lipinski definition) is 10. The molecule has 0 spiro atoms. The maximum Gasteiger partial charge on any atom is 0.418 e. The summed E-state index contributed by atoms with van der Waals surface area (Å²) in [4.78, 5) is 34.1. The summed E-state index contributed by atoms with van der Waals surface area (Å²) in [5.41, 5.74) is -3.32. The monoisotopic (exact) mass is 760 g/mol. The number of nitrogens with zero attached hydrogens (tertiary/aromatic N) is 8. The summed E-state index contributed by atoms with van der Waals surface area (Å²) >= 11 is 5.97. The van der Waals surface area contributed by atoms with Crippen LogP contribution in [0.2, 0.25) is 5.02 Å². The van der Waals surface area contributed by atoms with Gasteiger partial charge in [0.2, 0.25) is 5.91 Å². The van der Waals surface area contributed by atoms with Crippen LogP contribution in [-0.4, -0.2) is 125 Å². The molecule has 4 aliphatic rings. The Bertz CT molecular complexity index is 1920. The van der Waals surface area contributed by atoms with Gasteiger partial charge in [-0.05, 0) is 25.5 Å². The highest BCUT2D eigenvalue weighted by Crippen LogP contribution is 2.44. The Kier molecular flexibility index (Phi) is 10.7. The van der Waals surface area contributed by atoms with E-state index >= 15 is 4.39 Å². The van der Waals surface area contributed by atoms with Gasteiger partial charge in [-0.15, -0.1) is 0 Å². The van der Waals surface area contributed by atoms with Crippen LogP contribution in [0.15, 0.2) is 36.5 Å². The first-order valence-corrected chi connectivity index (χ1v) is 18.0. The van der Waals surface area contributed by atoms with E-state index in [1.165, 1.54) is 18.3 Å². The summed E-state index contributed by atoms with van der Waals surface area (Å²) in [6, 6.07) is 4.78. The molecule has 0 radical (unpaired) electrons. The van der Waals surface area contributed by atoms with Gasteiger partial charge >= 0.3 is 12.2 Å². The zero-order valence-electron chi connectivity index (χ0n) is 28.8. The number of nitriles is 1. The molecule has 1 amide bonds. The van der Waals surface area contributed by atoms with Gasteiger partial charge in [-0.1, -0.05) is 29.8 Å². The summed E-state index contributed by atoms with van der Waals surface area (Å²) in [5, 5.41) is 9.19. The number of carbonyl (C=O) groups excluding carboxylic acids is 1. The van der Waals surface area contributed by atoms with Crippen molar-refractivity contribution in [2.45, 2.75) is 49.6 Å². The van der Waals surface area contributed by atoms with Crippen molar-refractivity contribution in [3.63, 3.8) is 0 Å². The van der Waals surface area contributed by atoms with E-state index < -0.39 is 51.6 Å². The molecule has 4 fully saturated rings. The number of amides is 1. The summed E-state index contributed by atoms with van der Waals surface area (Å²) in [5.74, 6) is -1.21. The number of anilines is 1. The van der Waals surface area contributed by atoms with E-state index in [1.54, 1.807) is 15.9 Å². The second kappa shape index (κ2) is 15.3. The Morgan fingerprint density at radius 1 is 1.15 bits per heavy atom. The van der Waals surface area contributed by atoms with Gasteiger partial charge in [-0.25, -0.2) is 8.78 Å². The molecule has 11 nitrogen and oxygen atoms in total. The van der Waals surface area contributed by atoms with Crippen LogP contribution in [-0.2, 0) is 15.7 Å². The number of ether oxygens (including phenoxy) is 2. The number of alkyl halides is 4. The molecule has 7 rings (SSSR count). The molecule has 0 saturated carbocycles. The zero-order chi connectivity index (χ0) is 37.3. The summed E-state index contributed by atoms with van der Waals surface area (Å²) in [6.45, 7) is 4.97. The minimum absolute atomic E-state index is 0.000411. The van der Waals surface area contributed by atoms with Crippen LogP contribution in [0, 0.1) is 17.1 Å². The largest absolute Gasteiger partial charge is 0.461 e. The predicted molar refractivity (Wildman–Crippen MR) is 186 cm³/mol. The maximum absolute atomic E-state index is 16.6. The van der Waals surface area contributed by atoms with Gasteiger partial charge in [0.1, 0.15) is 29.8 Å². The van der Waals surface area contributed by atoms with Crippen molar-refractivity contribution in [2.75, 3.05) is 77.1 Å². The molecule has 0 N–H and O–H groups in total. The lowest BCUT2D eigenvalue weighted by atomic mass is 9.95. The van der Waals surface area contributed by atoms with Crippen molar-refractivity contribution in [2.24, 2.45) is 0 Å². The number of morpholine rings is 1. The molecule has 17 heteroatoms. The summed E-state index contributed by atoms with van der Waals surface area (Å²) in [6.07, 6.45) is 0.386. The lowest BCUT2D eigenvalue weighted by molar-refractivity contribution is -0.137. The minimum Gasteiger partial charge on any atom is -0.461 e. The van der Waals surface area contributed by atoms with Crippen molar-refractivity contribution >= 4 is 34.2 Å². The van der Waals surface area contributed by atoms with Crippen LogP contribution in [0.1, 0.15) is 31.2 Å². The smallest absolute Gasteiger partial charge is 0.418 e. The van der Waals surface area contributed by atoms with Crippen molar-refractivity contribution in [1.29, 1.82) is 5.26 Å². The topological polar surface area (TPSA) is 111 Å². The number of pyridine rings is 1. The van der Waals surface area contributed by atoms with Crippen LogP contribution < -0.4 is 9.64 Å². The molecule has 0 aliphatic carbocycles. The molecule has 282 valence electrons. The molecule has 1 aromatic carbocycles. The average Bonchev–Trinajstić information content (AvgIpc) is 3.66. The van der Waals surface area contributed by atoms with Crippen molar-refractivity contribution in [1.82, 2.24) is 29.7 Å². The lowest BCUT2D eigenvalue weighted by Crippen LogP contribution is -2.55. The van der Waals surface area contributed by atoms with Gasteiger partial charge in [0.25, 0.3) is 0 Å². The summed E-state index contributed by atoms with van der Waals surface area (Å²) in [7, 11) is 0. The SMILES string of the molecule is N#CC[C@H]1CN(c2nc(OC[C@@]34CCCN3C[C@H](F)C4)nc3c(F)c(-c4cccc(Cl)c4C(F)(F)F)ncc23)CCN1C(=O)/C=C/CN1CCOCC1. The molecule has 0 unspecified atom stereocenters. The molecule has 3 aromatic rings. The molecule has 0 bridgehead atoms. The van der Waals surface area contributed by atoms with Crippen LogP contribution in [0.3, 0.4) is 0 Å². The predicted octanol–water partition coefficient (Wildman–Crippen LogP) is 5.28. The second-order valence-corrected chi connectivity index (χ2v) is 14.3. The highest BCUT2D eigenvalue weighted by atomic mass is 35.5. The van der Waals surface area contributed by atoms with Crippen LogP contribution in [0.4, 0.5) is 27.8 Å². The van der Waals surface area contributed by atoms with E-state index in [0.29, 0.717) is 32.7 Å². The number of halogens is 6. The fraction of sp³-hybridized carbons (Fsp3) is 0.528. The Balaban J connectivity index is 1.23. The van der Waals surface area contributed by atoms with E-state index in [2.05, 4.69) is 25.9 Å². The second-order valence-electron chi connectivity index (χ2n) is 13.8. The van der Waals surface area contributed by atoms with Crippen LogP contribution >= 0.6 is 11.6 Å². The lowest BCUT2D eigenvalue weighted by Gasteiger charge is -2.41. The van der Waals surface area contributed by atoms with Gasteiger partial charge in [0.05, 0.1) is 53.3 Å². The number of aromatic nitrogens is 3. The number of rotatable bonds is 9. The third-order valence-corrected chi connectivity index (χ3v) is 10.9. The van der Waals surface area contributed by atoms with Crippen molar-refractivity contribution < 1.29 is 36.2 Å². The van der Waals surface area contributed by atoms with Gasteiger partial charge in [0.15, 0.2) is 5.82 Å². The van der Waals surface area contributed by atoms with Gasteiger partial charge < -0.3 is 19.3 Å². The molecule has 53 heavy (non-hydrogen) atoms. The summed E-state index contributed by atoms with van der Waals surface area (Å²) < 4.78 is 85.1. The standard InChI is InChI=1S/C36H38ClF5N8O3/c37-27-5-1-4-25(29(27)36(40,41)42)31-30(39)32-26(19-44-31)33(46-34(45-32)53-22-35-8-3-11-49(35)20-23(38)18-35)48-12-13-50(24(21-48)7-9-43)28(51)6-2-10-47-14-16-52-17-15-47/h1-2,4-6,19,23-24H,3,7-8,10-18,20-22H2/b6-2+/t23-,24+,35+/m1/s1. The number of hydrogen-bond donors (Lipinski definition) is 0. The average molecular weight is 761 g/mol. The maximum atomic E-state index is 16.6. The first kappa shape index (κ1) is 37.2. The van der Waals surface area contributed by atoms with Crippen LogP contribution in [0.25, 0.3) is 22.2 Å². The molecule has 4 saturated heterocycles. The number of carbonyl (C=O) groups is 1. The minimum atomic E-state index is -4.91. The first-order chi connectivity index (χ1) is 25.5. The highest BCUT2D eigenvalue weighted by Gasteiger charge is 2.49. The van der Waals surface area contributed by atoms with Gasteiger partial charge in [-0.2, -0.15) is 28.4 Å². The fourth-order valence-corrected chi connectivity index (χ4v) is 8.25. The van der Waals surface area contributed by atoms with Crippen molar-refractivity contribution in [3.8, 4) is 23.3 Å². The van der Waals surface area contributed by atoms with E-state index in [-0.39, 0.29) is 74.3 Å². The Morgan fingerprint density at radius 2 is 1.96 bits per heavy atom. The van der Waals surface area contributed by atoms with Crippen molar-refractivity contribution in [3.05, 3.63) is 53.0 Å². The Labute approximate surface area is 307 Å². The molecular weight excluding hydrogens is 723 g/mol. The number of fused-ring (bicyclic) bond motifs is 2. The normalized spacial score (nSPS) is 24.2. The highest BCUT2D eigenvalue weighted by molar-refractivity contribution is 6.31. The number of piperazine rings is 1. The third kappa shape index (κ3) is 7.62. The zero-order valence-corrected chi connectivity index (χ0v) is 29.6. The van der Waals surface area contributed by atoms with E-state index in [0.717, 1.165) is 31.6 Å². The van der Waals surface area contributed by atoms with Gasteiger partial charge in [0, 0.05) is 70.1 Å². The Morgan fingerprint density at radius 3 is 2.74 bits per heavy atom. The Hall–Kier alpha value is -4.17. The fourth-order valence-electron chi connectivity index (χ4n) is 7.97. The first-order valence-electron chi connectivity index (χ1n) is 17.6. The molecule has 3 atom stereocenters. The molecule has 4 aliphatic heterocycles. The van der Waals surface area contributed by atoms with Crippen LogP contribution in [0.5, 0.6) is 6.01 Å². The number of benzene rings is 1. The van der Waals surface area contributed by atoms with E-state index in [1.807, 2.05) is 4.90 Å². The molecule has 6 heterocycles. The molecule has 2 aromatic heterocycles. The quantitative estimate of drug-likeness (QED) is 0.211. The van der Waals surface area contributed by atoms with E-state index in [9.17, 15) is 27.6 Å². The molecular formula is C36H38ClF5N8O3. The van der Waals surface area contributed by atoms with E-state index in [4.69, 9.17) is 21.1 Å². The van der Waals surface area contributed by atoms with Gasteiger partial charge in [-0.3, -0.25) is 19.6 Å². The third-order valence-electron chi connectivity index (χ3n) is 10.5.